The first-order valence-corrected chi connectivity index (χ1v) is 8.94. The van der Waals surface area contributed by atoms with E-state index in [1.807, 2.05) is 0 Å². The molecule has 6 nitrogen and oxygen atoms in total. The summed E-state index contributed by atoms with van der Waals surface area (Å²) in [5, 5.41) is 0. The minimum atomic E-state index is -6.09. The van der Waals surface area contributed by atoms with Crippen LogP contribution in [0.2, 0.25) is 0 Å². The summed E-state index contributed by atoms with van der Waals surface area (Å²) in [7, 11) is -2.85. The predicted octanol–water partition coefficient (Wildman–Crippen LogP) is 3.85. The van der Waals surface area contributed by atoms with Gasteiger partial charge in [-0.3, -0.25) is 4.57 Å². The minimum absolute atomic E-state index is 0.211. The standard InChI is InChI=1S/C14H14F6NO5P/c1-24-27(23,25-2)8-21-10(9-6-4-3-5-7-9)11(22)26-12(21,13(15,16)17)14(18,19)20/h3-7,10H,8H2,1-2H3/t10-/m1/s1. The summed E-state index contributed by atoms with van der Waals surface area (Å²) in [6.45, 7) is 0. The van der Waals surface area contributed by atoms with Crippen molar-refractivity contribution in [3.8, 4) is 0 Å². The first-order valence-electron chi connectivity index (χ1n) is 7.21. The summed E-state index contributed by atoms with van der Waals surface area (Å²) >= 11 is 0. The Morgan fingerprint density at radius 3 is 1.96 bits per heavy atom. The van der Waals surface area contributed by atoms with E-state index in [0.717, 1.165) is 26.4 Å². The lowest BCUT2D eigenvalue weighted by atomic mass is 10.0. The first-order chi connectivity index (χ1) is 12.3. The number of benzene rings is 1. The van der Waals surface area contributed by atoms with Gasteiger partial charge in [0.1, 0.15) is 12.3 Å². The molecule has 0 bridgehead atoms. The average molecular weight is 421 g/mol. The SMILES string of the molecule is COP(=O)(CN1[C@H](c2ccccc2)C(=O)OC1(C(F)(F)F)C(F)(F)F)OC. The van der Waals surface area contributed by atoms with Gasteiger partial charge in [-0.15, -0.1) is 0 Å². The van der Waals surface area contributed by atoms with Crippen LogP contribution in [0, 0.1) is 0 Å². The fraction of sp³-hybridized carbons (Fsp3) is 0.500. The Hall–Kier alpha value is -1.62. The van der Waals surface area contributed by atoms with Crippen molar-refractivity contribution in [1.82, 2.24) is 4.90 Å². The Labute approximate surface area is 149 Å². The van der Waals surface area contributed by atoms with Crippen LogP contribution < -0.4 is 0 Å². The maximum absolute atomic E-state index is 13.6. The second kappa shape index (κ2) is 7.08. The number of carbonyl (C=O) groups is 1. The molecule has 27 heavy (non-hydrogen) atoms. The molecule has 1 aromatic carbocycles. The van der Waals surface area contributed by atoms with Crippen molar-refractivity contribution in [3.05, 3.63) is 35.9 Å². The van der Waals surface area contributed by atoms with E-state index in [0.29, 0.717) is 0 Å². The quantitative estimate of drug-likeness (QED) is 0.409. The number of carbonyl (C=O) groups excluding carboxylic acids is 1. The largest absolute Gasteiger partial charge is 0.453 e. The number of hydrogen-bond acceptors (Lipinski definition) is 6. The van der Waals surface area contributed by atoms with Gasteiger partial charge < -0.3 is 13.8 Å². The molecule has 0 aromatic heterocycles. The highest BCUT2D eigenvalue weighted by Crippen LogP contribution is 2.59. The second-order valence-electron chi connectivity index (χ2n) is 5.46. The van der Waals surface area contributed by atoms with E-state index in [1.54, 1.807) is 0 Å². The molecule has 0 unspecified atom stereocenters. The van der Waals surface area contributed by atoms with Crippen molar-refractivity contribution in [1.29, 1.82) is 0 Å². The van der Waals surface area contributed by atoms with Gasteiger partial charge in [0.25, 0.3) is 0 Å². The minimum Gasteiger partial charge on any atom is -0.423 e. The number of hydrogen-bond donors (Lipinski definition) is 0. The molecule has 0 spiro atoms. The van der Waals surface area contributed by atoms with Crippen LogP contribution in [0.4, 0.5) is 26.3 Å². The highest BCUT2D eigenvalue weighted by atomic mass is 31.2. The van der Waals surface area contributed by atoms with Gasteiger partial charge >= 0.3 is 31.6 Å². The van der Waals surface area contributed by atoms with Gasteiger partial charge in [-0.1, -0.05) is 30.3 Å². The Morgan fingerprint density at radius 1 is 1.07 bits per heavy atom. The summed E-state index contributed by atoms with van der Waals surface area (Å²) in [5.41, 5.74) is -5.22. The zero-order chi connectivity index (χ0) is 20.7. The molecule has 0 N–H and O–H groups in total. The highest BCUT2D eigenvalue weighted by Gasteiger charge is 2.82. The number of nitrogens with zero attached hydrogens (tertiary/aromatic N) is 1. The lowest BCUT2D eigenvalue weighted by molar-refractivity contribution is -0.400. The normalized spacial score (nSPS) is 21.3. The summed E-state index contributed by atoms with van der Waals surface area (Å²) in [4.78, 5) is 11.7. The Bertz CT molecular complexity index is 716. The predicted molar refractivity (Wildman–Crippen MR) is 78.4 cm³/mol. The summed E-state index contributed by atoms with van der Waals surface area (Å²) in [5.74, 6) is -1.80. The molecule has 1 aliphatic heterocycles. The van der Waals surface area contributed by atoms with E-state index in [-0.39, 0.29) is 10.5 Å². The molecule has 0 aliphatic carbocycles. The van der Waals surface area contributed by atoms with Gasteiger partial charge in [-0.05, 0) is 5.56 Å². The van der Waals surface area contributed by atoms with E-state index >= 15 is 0 Å². The third kappa shape index (κ3) is 3.58. The zero-order valence-corrected chi connectivity index (χ0v) is 14.8. The lowest BCUT2D eigenvalue weighted by Gasteiger charge is -2.39. The average Bonchev–Trinajstić information content (AvgIpc) is 2.88. The topological polar surface area (TPSA) is 65.1 Å². The lowest BCUT2D eigenvalue weighted by Crippen LogP contribution is -2.66. The number of rotatable bonds is 5. The van der Waals surface area contributed by atoms with Crippen LogP contribution in [0.1, 0.15) is 11.6 Å². The highest BCUT2D eigenvalue weighted by molar-refractivity contribution is 7.53. The summed E-state index contributed by atoms with van der Waals surface area (Å²) in [6.07, 6.45) is -13.7. The second-order valence-corrected chi connectivity index (χ2v) is 7.70. The van der Waals surface area contributed by atoms with Crippen molar-refractivity contribution in [2.24, 2.45) is 0 Å². The van der Waals surface area contributed by atoms with Crippen LogP contribution in [0.15, 0.2) is 30.3 Å². The van der Waals surface area contributed by atoms with E-state index in [4.69, 9.17) is 0 Å². The summed E-state index contributed by atoms with van der Waals surface area (Å²) < 4.78 is 107. The molecule has 1 fully saturated rings. The molecule has 0 amide bonds. The molecular weight excluding hydrogens is 407 g/mol. The van der Waals surface area contributed by atoms with Gasteiger partial charge in [0.05, 0.1) is 0 Å². The van der Waals surface area contributed by atoms with E-state index in [2.05, 4.69) is 13.8 Å². The van der Waals surface area contributed by atoms with Crippen LogP contribution >= 0.6 is 7.60 Å². The molecule has 1 saturated heterocycles. The smallest absolute Gasteiger partial charge is 0.423 e. The molecule has 0 radical (unpaired) electrons. The van der Waals surface area contributed by atoms with Crippen molar-refractivity contribution >= 4 is 13.6 Å². The van der Waals surface area contributed by atoms with Crippen molar-refractivity contribution < 1.29 is 49.5 Å². The van der Waals surface area contributed by atoms with Crippen LogP contribution in [-0.4, -0.2) is 49.5 Å². The third-order valence-electron chi connectivity index (χ3n) is 3.95. The van der Waals surface area contributed by atoms with Gasteiger partial charge in [0.15, 0.2) is 0 Å². The Kier molecular flexibility index (Phi) is 5.69. The molecule has 1 aromatic rings. The Balaban J connectivity index is 2.73. The molecule has 1 heterocycles. The number of cyclic esters (lactones) is 1. The molecule has 2 rings (SSSR count). The molecule has 1 atom stereocenters. The zero-order valence-electron chi connectivity index (χ0n) is 13.9. The number of halogens is 6. The molecule has 152 valence electrons. The van der Waals surface area contributed by atoms with Crippen LogP contribution in [0.5, 0.6) is 0 Å². The van der Waals surface area contributed by atoms with Gasteiger partial charge in [-0.25, -0.2) is 9.69 Å². The monoisotopic (exact) mass is 421 g/mol. The summed E-state index contributed by atoms with van der Waals surface area (Å²) in [6, 6.07) is 4.23. The maximum atomic E-state index is 13.6. The van der Waals surface area contributed by atoms with Crippen LogP contribution in [-0.2, 0) is 23.1 Å². The van der Waals surface area contributed by atoms with Crippen molar-refractivity contribution in [2.75, 3.05) is 20.5 Å². The van der Waals surface area contributed by atoms with Gasteiger partial charge in [-0.2, -0.15) is 26.3 Å². The number of esters is 1. The van der Waals surface area contributed by atoms with Gasteiger partial charge in [0, 0.05) is 14.2 Å². The van der Waals surface area contributed by atoms with E-state index in [9.17, 15) is 35.7 Å². The molecular formula is C14H14F6NO5P. The van der Waals surface area contributed by atoms with Crippen LogP contribution in [0.25, 0.3) is 0 Å². The fourth-order valence-corrected chi connectivity index (χ4v) is 3.80. The molecule has 0 saturated carbocycles. The third-order valence-corrected chi connectivity index (χ3v) is 5.72. The van der Waals surface area contributed by atoms with E-state index < -0.39 is 44.0 Å². The fourth-order valence-electron chi connectivity index (χ4n) is 2.68. The van der Waals surface area contributed by atoms with Crippen LogP contribution in [0.3, 0.4) is 0 Å². The number of alkyl halides is 6. The van der Waals surface area contributed by atoms with Gasteiger partial charge in [0.2, 0.25) is 0 Å². The maximum Gasteiger partial charge on any atom is 0.453 e. The van der Waals surface area contributed by atoms with Crippen molar-refractivity contribution in [3.63, 3.8) is 0 Å². The van der Waals surface area contributed by atoms with Crippen molar-refractivity contribution in [2.45, 2.75) is 24.1 Å². The Morgan fingerprint density at radius 2 is 1.56 bits per heavy atom. The number of ether oxygens (including phenoxy) is 1. The first kappa shape index (κ1) is 21.7. The molecule has 13 heteroatoms. The molecule has 1 aliphatic rings. The van der Waals surface area contributed by atoms with E-state index in [1.165, 1.54) is 18.2 Å².